The summed E-state index contributed by atoms with van der Waals surface area (Å²) < 4.78 is 358. The first kappa shape index (κ1) is 89.5. The predicted octanol–water partition coefficient (Wildman–Crippen LogP) is 32.4. The summed E-state index contributed by atoms with van der Waals surface area (Å²) in [7, 11) is 0. The Labute approximate surface area is 752 Å². The van der Waals surface area contributed by atoms with Gasteiger partial charge in [-0.25, -0.2) is 29.9 Å². The topological polar surface area (TPSA) is 87.2 Å². The molecule has 0 aliphatic rings. The van der Waals surface area contributed by atoms with E-state index in [1.165, 1.54) is 72.8 Å². The van der Waals surface area contributed by atoms with Gasteiger partial charge in [0.2, 0.25) is 0 Å². The van der Waals surface area contributed by atoms with Gasteiger partial charge in [-0.3, -0.25) is 0 Å². The molecule has 19 aromatic rings. The van der Waals surface area contributed by atoms with E-state index in [1.54, 1.807) is 191 Å². The second kappa shape index (κ2) is 33.2. The fourth-order valence-electron chi connectivity index (χ4n) is 16.7. The van der Waals surface area contributed by atoms with Crippen LogP contribution in [0.3, 0.4) is 0 Å². The van der Waals surface area contributed by atoms with Crippen molar-refractivity contribution in [3.63, 3.8) is 0 Å². The zero-order valence-corrected chi connectivity index (χ0v) is 68.8. The van der Waals surface area contributed by atoms with Crippen molar-refractivity contribution < 1.29 is 105 Å². The third-order valence-electron chi connectivity index (χ3n) is 23.1. The third-order valence-corrected chi connectivity index (χ3v) is 23.1. The van der Waals surface area contributed by atoms with Gasteiger partial charge in [0.1, 0.15) is 0 Å². The summed E-state index contributed by atoms with van der Waals surface area (Å²) in [4.78, 5) is 29.8. The molecular formula is C104H54F24N8. The highest BCUT2D eigenvalue weighted by Crippen LogP contribution is 2.51. The number of alkyl halides is 24. The van der Waals surface area contributed by atoms with Gasteiger partial charge in [-0.05, 0) is 219 Å². The maximum atomic E-state index is 14.8. The lowest BCUT2D eigenvalue weighted by molar-refractivity contribution is -0.144. The van der Waals surface area contributed by atoms with E-state index in [1.807, 2.05) is 0 Å². The van der Waals surface area contributed by atoms with E-state index in [0.717, 1.165) is 0 Å². The number of rotatable bonds is 14. The van der Waals surface area contributed by atoms with E-state index in [2.05, 4.69) is 0 Å². The van der Waals surface area contributed by atoms with E-state index in [0.29, 0.717) is 70.8 Å². The molecule has 136 heavy (non-hydrogen) atoms. The molecule has 0 amide bonds. The first-order valence-corrected chi connectivity index (χ1v) is 40.9. The fourth-order valence-corrected chi connectivity index (χ4v) is 16.7. The summed E-state index contributed by atoms with van der Waals surface area (Å²) in [6.07, 6.45) is -42.9. The molecule has 0 spiro atoms. The summed E-state index contributed by atoms with van der Waals surface area (Å²) in [5, 5.41) is -0.158. The van der Waals surface area contributed by atoms with Crippen molar-refractivity contribution in [1.82, 2.24) is 39.0 Å². The highest BCUT2D eigenvalue weighted by molar-refractivity contribution is 6.14. The molecule has 0 saturated heterocycles. The van der Waals surface area contributed by atoms with Crippen LogP contribution in [-0.2, 0) is 49.4 Å². The minimum Gasteiger partial charge on any atom is -0.309 e. The number of fused-ring (bicyclic) bond motifs is 6. The van der Waals surface area contributed by atoms with Crippen molar-refractivity contribution in [2.24, 2.45) is 0 Å². The SMILES string of the molecule is FC(F)(F)c1cc(-c2ccc3c(c2)c2cc(-c4cc(C(F)(F)F)cc(C(F)(F)F)c4)ccc2n3-c2ccc(-c3nc(-c4ccccc4)nc(-c4ccccc4)n3)cc2-c2cccc(-c3cc(-c4nc(-c5ccccc5)nc(-c5ccccc5)n4)ccc3-n3c4ccc(-c5cc(C(F)(F)F)cc(C(F)(F)F)c5)cc4c4cc(-c5cc(C(F)(F)F)cc(C(F)(F)F)c5)ccc43)c2)cc(C(F)(F)F)c1. The molecule has 0 N–H and O–H groups in total. The molecule has 4 heterocycles. The van der Waals surface area contributed by atoms with Gasteiger partial charge in [0.15, 0.2) is 34.9 Å². The average Bonchev–Trinajstić information content (AvgIpc) is 1.70. The highest BCUT2D eigenvalue weighted by atomic mass is 19.4. The Bertz CT molecular complexity index is 6980. The highest BCUT2D eigenvalue weighted by Gasteiger charge is 2.43. The standard InChI is InChI=1S/C104H54F24N8/c105-97(106,107)71-37-67(38-72(51-71)98(108,109)110)59-24-30-87-81(45-59)82-46-60(68-39-73(99(111,112)113)52-74(40-68)100(114,115)116)25-31-88(82)135(87)85-34-28-65(95-131-91(55-14-5-1-6-15-55)129-92(132-95)56-16-7-2-8-17-56)49-79(85)63-22-13-23-64(36-63)80-50-66(96-133-93(57-18-9-3-10-19-57)130-94(134-96)58-20-11-4-12-21-58)29-35-86(80)136-89-32-26-61(69-41-75(101(117,118)119)53-76(42-69)102(120,121)122)47-83(89)84-48-62(27-33-90(84)136)70-43-77(103(123,124)125)54-78(44-70)104(126,127)128/h1-54H. The fraction of sp³-hybridized carbons (Fsp3) is 0.0769. The van der Waals surface area contributed by atoms with Crippen molar-refractivity contribution in [3.8, 4) is 146 Å². The summed E-state index contributed by atoms with van der Waals surface area (Å²) in [5.41, 5.74) is -13.4. The van der Waals surface area contributed by atoms with Crippen LogP contribution in [0.25, 0.3) is 190 Å². The molecule has 0 atom stereocenters. The number of halogens is 24. The van der Waals surface area contributed by atoms with Crippen molar-refractivity contribution in [2.45, 2.75) is 49.4 Å². The minimum atomic E-state index is -5.37. The molecule has 678 valence electrons. The van der Waals surface area contributed by atoms with Gasteiger partial charge >= 0.3 is 49.4 Å². The second-order valence-electron chi connectivity index (χ2n) is 31.9. The predicted molar refractivity (Wildman–Crippen MR) is 467 cm³/mol. The molecule has 0 bridgehead atoms. The first-order valence-electron chi connectivity index (χ1n) is 40.9. The zero-order valence-electron chi connectivity index (χ0n) is 68.8. The monoisotopic (exact) mass is 1870 g/mol. The summed E-state index contributed by atoms with van der Waals surface area (Å²) in [6.45, 7) is 0. The number of hydrogen-bond donors (Lipinski definition) is 0. The first-order chi connectivity index (χ1) is 64.4. The van der Waals surface area contributed by atoms with Crippen molar-refractivity contribution in [1.29, 1.82) is 0 Å². The lowest BCUT2D eigenvalue weighted by Gasteiger charge is -2.19. The van der Waals surface area contributed by atoms with E-state index < -0.39 is 116 Å². The molecule has 0 aliphatic heterocycles. The van der Waals surface area contributed by atoms with Crippen molar-refractivity contribution in [3.05, 3.63) is 372 Å². The number of aromatic nitrogens is 8. The molecule has 8 nitrogen and oxygen atoms in total. The van der Waals surface area contributed by atoms with Crippen LogP contribution in [0.5, 0.6) is 0 Å². The normalized spacial score (nSPS) is 12.7. The lowest BCUT2D eigenvalue weighted by Crippen LogP contribution is -2.11. The smallest absolute Gasteiger partial charge is 0.309 e. The largest absolute Gasteiger partial charge is 0.416 e. The summed E-state index contributed by atoms with van der Waals surface area (Å²) >= 11 is 0. The zero-order chi connectivity index (χ0) is 95.8. The number of nitrogens with zero attached hydrogens (tertiary/aromatic N) is 8. The molecular weight excluding hydrogens is 1820 g/mol. The van der Waals surface area contributed by atoms with Gasteiger partial charge in [0.05, 0.1) is 77.9 Å². The van der Waals surface area contributed by atoms with Crippen molar-refractivity contribution in [2.75, 3.05) is 0 Å². The maximum absolute atomic E-state index is 14.8. The van der Waals surface area contributed by atoms with Crippen LogP contribution >= 0.6 is 0 Å². The second-order valence-corrected chi connectivity index (χ2v) is 31.9. The Morgan fingerprint density at radius 3 is 0.544 bits per heavy atom. The quantitative estimate of drug-likeness (QED) is 0.101. The van der Waals surface area contributed by atoms with Gasteiger partial charge in [-0.2, -0.15) is 105 Å². The Hall–Kier alpha value is -15.8. The van der Waals surface area contributed by atoms with Gasteiger partial charge in [-0.15, -0.1) is 0 Å². The summed E-state index contributed by atoms with van der Waals surface area (Å²) in [5.74, 6) is 0.748. The van der Waals surface area contributed by atoms with Crippen LogP contribution < -0.4 is 0 Å². The van der Waals surface area contributed by atoms with Crippen LogP contribution in [0.15, 0.2) is 328 Å². The Morgan fingerprint density at radius 1 is 0.147 bits per heavy atom. The van der Waals surface area contributed by atoms with Crippen LogP contribution in [0.2, 0.25) is 0 Å². The third kappa shape index (κ3) is 17.6. The lowest BCUT2D eigenvalue weighted by atomic mass is 9.94. The molecule has 0 radical (unpaired) electrons. The van der Waals surface area contributed by atoms with Crippen LogP contribution in [0.4, 0.5) is 105 Å². The van der Waals surface area contributed by atoms with Gasteiger partial charge in [0.25, 0.3) is 0 Å². The molecule has 0 saturated carbocycles. The molecule has 15 aromatic carbocycles. The van der Waals surface area contributed by atoms with Gasteiger partial charge in [0, 0.05) is 66.1 Å². The molecule has 19 rings (SSSR count). The molecule has 32 heteroatoms. The Morgan fingerprint density at radius 2 is 0.338 bits per heavy atom. The Balaban J connectivity index is 0.906. The van der Waals surface area contributed by atoms with E-state index in [9.17, 15) is 105 Å². The minimum absolute atomic E-state index is 0.0317. The molecule has 0 unspecified atom stereocenters. The van der Waals surface area contributed by atoms with Crippen molar-refractivity contribution >= 4 is 43.6 Å². The van der Waals surface area contributed by atoms with Crippen LogP contribution in [0.1, 0.15) is 44.5 Å². The molecule has 4 aromatic heterocycles. The Kier molecular flexibility index (Phi) is 21.8. The van der Waals surface area contributed by atoms with Crippen LogP contribution in [-0.4, -0.2) is 39.0 Å². The van der Waals surface area contributed by atoms with E-state index in [4.69, 9.17) is 29.9 Å². The molecule has 0 aliphatic carbocycles. The van der Waals surface area contributed by atoms with Gasteiger partial charge < -0.3 is 9.13 Å². The average molecular weight is 1870 g/mol. The van der Waals surface area contributed by atoms with E-state index >= 15 is 0 Å². The number of hydrogen-bond acceptors (Lipinski definition) is 6. The van der Waals surface area contributed by atoms with Gasteiger partial charge in [-0.1, -0.05) is 164 Å². The van der Waals surface area contributed by atoms with Crippen LogP contribution in [0, 0.1) is 0 Å². The molecule has 0 fully saturated rings. The number of benzene rings is 15. The maximum Gasteiger partial charge on any atom is 0.416 e. The van der Waals surface area contributed by atoms with E-state index in [-0.39, 0.29) is 170 Å². The summed E-state index contributed by atoms with van der Waals surface area (Å²) in [6, 6.07) is 69.5.